The van der Waals surface area contributed by atoms with Crippen molar-refractivity contribution in [3.05, 3.63) is 102 Å². The molecule has 8 heteroatoms. The highest BCUT2D eigenvalue weighted by molar-refractivity contribution is 6.01. The maximum Gasteiger partial charge on any atom is 0.226 e. The number of aromatic nitrogens is 3. The molecule has 2 aromatic heterocycles. The average molecular weight is 563 g/mol. The Morgan fingerprint density at radius 2 is 1.43 bits per heavy atom. The van der Waals surface area contributed by atoms with Crippen LogP contribution in [0.25, 0.3) is 22.2 Å². The molecule has 3 aromatic carbocycles. The quantitative estimate of drug-likeness (QED) is 0.225. The van der Waals surface area contributed by atoms with E-state index in [0.29, 0.717) is 38.2 Å². The normalized spacial score (nSPS) is 16.3. The van der Waals surface area contributed by atoms with Gasteiger partial charge in [-0.3, -0.25) is 4.68 Å². The summed E-state index contributed by atoms with van der Waals surface area (Å²) in [4.78, 5) is 7.23. The van der Waals surface area contributed by atoms with Gasteiger partial charge in [0.15, 0.2) is 5.79 Å². The molecule has 0 saturated carbocycles. The third-order valence-electron chi connectivity index (χ3n) is 8.06. The van der Waals surface area contributed by atoms with Gasteiger partial charge in [-0.25, -0.2) is 0 Å². The Balaban J connectivity index is 1.21. The summed E-state index contributed by atoms with van der Waals surface area (Å²) in [5.41, 5.74) is 6.03. The van der Waals surface area contributed by atoms with Crippen molar-refractivity contribution in [2.75, 3.05) is 31.2 Å². The molecular formula is C34H34N4O4. The lowest BCUT2D eigenvalue weighted by Gasteiger charge is -2.38. The molecule has 214 valence electrons. The minimum atomic E-state index is -0.414. The highest BCUT2D eigenvalue weighted by Gasteiger charge is 2.40. The molecule has 7 rings (SSSR count). The highest BCUT2D eigenvalue weighted by atomic mass is 16.7. The Morgan fingerprint density at radius 1 is 0.762 bits per heavy atom. The van der Waals surface area contributed by atoms with Gasteiger partial charge in [0.05, 0.1) is 30.0 Å². The van der Waals surface area contributed by atoms with Crippen LogP contribution in [0.3, 0.4) is 0 Å². The number of nitrogens with zero attached hydrogens (tertiary/aromatic N) is 4. The van der Waals surface area contributed by atoms with Gasteiger partial charge in [-0.2, -0.15) is 10.1 Å². The molecule has 0 unspecified atom stereocenters. The second kappa shape index (κ2) is 11.5. The van der Waals surface area contributed by atoms with E-state index in [1.54, 1.807) is 0 Å². The average Bonchev–Trinajstić information content (AvgIpc) is 3.64. The number of benzene rings is 3. The van der Waals surface area contributed by atoms with Gasteiger partial charge in [-0.15, -0.1) is 0 Å². The Bertz CT molecular complexity index is 1660. The summed E-state index contributed by atoms with van der Waals surface area (Å²) in [5.74, 6) is 0.582. The third kappa shape index (κ3) is 5.31. The Hall–Kier alpha value is -4.40. The van der Waals surface area contributed by atoms with Gasteiger partial charge in [-0.1, -0.05) is 72.8 Å². The second-order valence-electron chi connectivity index (χ2n) is 10.8. The van der Waals surface area contributed by atoms with Crippen molar-refractivity contribution in [3.8, 4) is 23.0 Å². The number of fused-ring (bicyclic) bond motifs is 1. The summed E-state index contributed by atoms with van der Waals surface area (Å²) in [6.07, 6.45) is 1.69. The van der Waals surface area contributed by atoms with Gasteiger partial charge in [-0.05, 0) is 23.3 Å². The number of ether oxygens (including phenoxy) is 4. The molecule has 0 atom stereocenters. The van der Waals surface area contributed by atoms with E-state index in [1.165, 1.54) is 0 Å². The largest absolute Gasteiger partial charge is 0.473 e. The predicted molar refractivity (Wildman–Crippen MR) is 162 cm³/mol. The van der Waals surface area contributed by atoms with Crippen molar-refractivity contribution < 1.29 is 18.9 Å². The van der Waals surface area contributed by atoms with Crippen molar-refractivity contribution >= 4 is 16.6 Å². The van der Waals surface area contributed by atoms with E-state index < -0.39 is 5.79 Å². The van der Waals surface area contributed by atoms with Crippen LogP contribution in [0.15, 0.2) is 91.0 Å². The zero-order valence-corrected chi connectivity index (χ0v) is 23.7. The molecule has 1 spiro atoms. The summed E-state index contributed by atoms with van der Waals surface area (Å²) in [6, 6.07) is 30.5. The maximum atomic E-state index is 6.35. The van der Waals surface area contributed by atoms with Gasteiger partial charge in [0, 0.05) is 44.4 Å². The number of hydrogen-bond donors (Lipinski definition) is 0. The zero-order valence-electron chi connectivity index (χ0n) is 23.7. The Labute approximate surface area is 245 Å². The lowest BCUT2D eigenvalue weighted by Crippen LogP contribution is -2.45. The molecule has 8 nitrogen and oxygen atoms in total. The molecule has 42 heavy (non-hydrogen) atoms. The molecular weight excluding hydrogens is 528 g/mol. The van der Waals surface area contributed by atoms with Crippen molar-refractivity contribution in [1.82, 2.24) is 14.8 Å². The topological polar surface area (TPSA) is 70.9 Å². The van der Waals surface area contributed by atoms with Gasteiger partial charge < -0.3 is 23.8 Å². The fourth-order valence-corrected chi connectivity index (χ4v) is 5.90. The van der Waals surface area contributed by atoms with Crippen LogP contribution in [0.1, 0.15) is 24.0 Å². The smallest absolute Gasteiger partial charge is 0.226 e. The minimum absolute atomic E-state index is 0.388. The van der Waals surface area contributed by atoms with E-state index in [-0.39, 0.29) is 0 Å². The van der Waals surface area contributed by atoms with Crippen LogP contribution >= 0.6 is 0 Å². The number of piperidine rings is 1. The lowest BCUT2D eigenvalue weighted by molar-refractivity contribution is -0.169. The molecule has 0 N–H and O–H groups in total. The summed E-state index contributed by atoms with van der Waals surface area (Å²) in [7, 11) is 2.00. The molecule has 2 aliphatic heterocycles. The summed E-state index contributed by atoms with van der Waals surface area (Å²) in [6.45, 7) is 3.89. The Morgan fingerprint density at radius 3 is 2.12 bits per heavy atom. The molecule has 0 amide bonds. The van der Waals surface area contributed by atoms with Crippen LogP contribution in [0, 0.1) is 0 Å². The number of rotatable bonds is 8. The standard InChI is InChI=1S/C34H34N4O4/c1-37-32-27(13-8-14-29(32)38-19-17-34(18-20-38)41-21-22-42-34)31(36-37)28-15-16-30(39-23-25-9-4-2-5-10-25)35-33(28)40-24-26-11-6-3-7-12-26/h2-16H,17-24H2,1H3. The monoisotopic (exact) mass is 562 g/mol. The molecule has 4 heterocycles. The SMILES string of the molecule is Cn1nc(-c2ccc(OCc3ccccc3)nc2OCc2ccccc2)c2cccc(N3CCC4(CC3)OCCO4)c21. The second-order valence-corrected chi connectivity index (χ2v) is 10.8. The van der Waals surface area contributed by atoms with Crippen molar-refractivity contribution in [2.24, 2.45) is 7.05 Å². The van der Waals surface area contributed by atoms with Crippen LogP contribution in [0.2, 0.25) is 0 Å². The molecule has 2 aliphatic rings. The molecule has 0 radical (unpaired) electrons. The van der Waals surface area contributed by atoms with Crippen LogP contribution in [0.4, 0.5) is 5.69 Å². The van der Waals surface area contributed by atoms with E-state index in [9.17, 15) is 0 Å². The fourth-order valence-electron chi connectivity index (χ4n) is 5.90. The number of aryl methyl sites for hydroxylation is 1. The van der Waals surface area contributed by atoms with Crippen molar-refractivity contribution in [2.45, 2.75) is 31.8 Å². The molecule has 2 fully saturated rings. The first-order valence-electron chi connectivity index (χ1n) is 14.5. The molecule has 0 aliphatic carbocycles. The summed E-state index contributed by atoms with van der Waals surface area (Å²) < 4.78 is 26.3. The van der Waals surface area contributed by atoms with E-state index in [4.69, 9.17) is 29.0 Å². The lowest BCUT2D eigenvalue weighted by atomic mass is 10.0. The summed E-state index contributed by atoms with van der Waals surface area (Å²) >= 11 is 0. The molecule has 0 bridgehead atoms. The van der Waals surface area contributed by atoms with Gasteiger partial charge in [0.1, 0.15) is 18.9 Å². The Kier molecular flexibility index (Phi) is 7.23. The van der Waals surface area contributed by atoms with Crippen LogP contribution in [-0.4, -0.2) is 46.9 Å². The number of hydrogen-bond acceptors (Lipinski definition) is 7. The molecule has 5 aromatic rings. The summed E-state index contributed by atoms with van der Waals surface area (Å²) in [5, 5.41) is 6.05. The van der Waals surface area contributed by atoms with E-state index in [2.05, 4.69) is 23.1 Å². The molecule has 2 saturated heterocycles. The number of anilines is 1. The third-order valence-corrected chi connectivity index (χ3v) is 8.06. The fraction of sp³-hybridized carbons (Fsp3) is 0.294. The minimum Gasteiger partial charge on any atom is -0.473 e. The first-order valence-corrected chi connectivity index (χ1v) is 14.5. The van der Waals surface area contributed by atoms with Crippen molar-refractivity contribution in [3.63, 3.8) is 0 Å². The maximum absolute atomic E-state index is 6.35. The van der Waals surface area contributed by atoms with Crippen molar-refractivity contribution in [1.29, 1.82) is 0 Å². The van der Waals surface area contributed by atoms with Gasteiger partial charge in [0.2, 0.25) is 11.8 Å². The predicted octanol–water partition coefficient (Wildman–Crippen LogP) is 6.14. The van der Waals surface area contributed by atoms with Crippen LogP contribution in [-0.2, 0) is 29.7 Å². The van der Waals surface area contributed by atoms with Crippen LogP contribution in [0.5, 0.6) is 11.8 Å². The zero-order chi connectivity index (χ0) is 28.4. The number of para-hydroxylation sites is 1. The van der Waals surface area contributed by atoms with Gasteiger partial charge in [0.25, 0.3) is 0 Å². The first-order chi connectivity index (χ1) is 20.7. The number of pyridine rings is 1. The van der Waals surface area contributed by atoms with Gasteiger partial charge >= 0.3 is 0 Å². The van der Waals surface area contributed by atoms with Crippen LogP contribution < -0.4 is 14.4 Å². The van der Waals surface area contributed by atoms with E-state index in [1.807, 2.05) is 84.5 Å². The highest BCUT2D eigenvalue weighted by Crippen LogP contribution is 2.40. The van der Waals surface area contributed by atoms with E-state index in [0.717, 1.165) is 64.9 Å². The first kappa shape index (κ1) is 26.5. The van der Waals surface area contributed by atoms with E-state index >= 15 is 0 Å².